The summed E-state index contributed by atoms with van der Waals surface area (Å²) >= 11 is 0. The molecule has 0 radical (unpaired) electrons. The van der Waals surface area contributed by atoms with Crippen molar-refractivity contribution >= 4 is 17.4 Å². The van der Waals surface area contributed by atoms with E-state index in [0.717, 1.165) is 42.3 Å². The molecule has 24 heavy (non-hydrogen) atoms. The fourth-order valence-corrected chi connectivity index (χ4v) is 2.56. The molecular weight excluding hydrogens is 304 g/mol. The molecule has 1 aliphatic heterocycles. The third-order valence-electron chi connectivity index (χ3n) is 4.02. The van der Waals surface area contributed by atoms with Gasteiger partial charge in [-0.1, -0.05) is 18.2 Å². The van der Waals surface area contributed by atoms with Crippen molar-refractivity contribution in [1.29, 1.82) is 0 Å². The van der Waals surface area contributed by atoms with Gasteiger partial charge in [-0.05, 0) is 49.2 Å². The van der Waals surface area contributed by atoms with Crippen LogP contribution in [0.3, 0.4) is 0 Å². The number of carbonyl (C=O) groups excluding carboxylic acids is 1. The Morgan fingerprint density at radius 2 is 1.96 bits per heavy atom. The molecule has 3 rings (SSSR count). The Morgan fingerprint density at radius 1 is 1.17 bits per heavy atom. The number of hydrogen-bond acceptors (Lipinski definition) is 3. The second-order valence-corrected chi connectivity index (χ2v) is 5.96. The summed E-state index contributed by atoms with van der Waals surface area (Å²) < 4.78 is 11.1. The first-order chi connectivity index (χ1) is 11.7. The number of aryl methyl sites for hydroxylation is 1. The van der Waals surface area contributed by atoms with Crippen LogP contribution in [0.4, 0.5) is 16.2 Å². The molecule has 1 saturated heterocycles. The Balaban J connectivity index is 1.50. The molecule has 0 unspecified atom stereocenters. The molecule has 126 valence electrons. The van der Waals surface area contributed by atoms with Crippen LogP contribution in [0.15, 0.2) is 48.5 Å². The van der Waals surface area contributed by atoms with Crippen molar-refractivity contribution in [3.05, 3.63) is 54.1 Å². The molecule has 1 aliphatic rings. The zero-order valence-electron chi connectivity index (χ0n) is 13.7. The Hall–Kier alpha value is -2.53. The first-order valence-corrected chi connectivity index (χ1v) is 8.15. The molecule has 0 saturated carbocycles. The molecule has 0 aromatic heterocycles. The van der Waals surface area contributed by atoms with E-state index in [2.05, 4.69) is 10.6 Å². The third-order valence-corrected chi connectivity index (χ3v) is 4.02. The first kappa shape index (κ1) is 16.3. The second kappa shape index (κ2) is 7.84. The van der Waals surface area contributed by atoms with Crippen LogP contribution in [-0.2, 0) is 4.74 Å². The molecule has 2 aromatic rings. The zero-order valence-corrected chi connectivity index (χ0v) is 13.7. The molecule has 5 nitrogen and oxygen atoms in total. The van der Waals surface area contributed by atoms with Crippen LogP contribution in [0.5, 0.6) is 5.75 Å². The van der Waals surface area contributed by atoms with Gasteiger partial charge in [0, 0.05) is 23.9 Å². The summed E-state index contributed by atoms with van der Waals surface area (Å²) in [7, 11) is 0. The maximum atomic E-state index is 12.1. The number of amides is 2. The molecule has 1 heterocycles. The SMILES string of the molecule is Cc1ccccc1NC(=O)Nc1ccc(OC[C@@H]2CCOC2)cc1. The van der Waals surface area contributed by atoms with E-state index in [0.29, 0.717) is 12.5 Å². The van der Waals surface area contributed by atoms with Crippen LogP contribution in [0.2, 0.25) is 0 Å². The van der Waals surface area contributed by atoms with Crippen molar-refractivity contribution in [2.45, 2.75) is 13.3 Å². The van der Waals surface area contributed by atoms with Crippen LogP contribution >= 0.6 is 0 Å². The fourth-order valence-electron chi connectivity index (χ4n) is 2.56. The molecule has 0 bridgehead atoms. The Bertz CT molecular complexity index is 679. The van der Waals surface area contributed by atoms with Gasteiger partial charge < -0.3 is 20.1 Å². The number of ether oxygens (including phenoxy) is 2. The quantitative estimate of drug-likeness (QED) is 0.871. The molecule has 1 fully saturated rings. The van der Waals surface area contributed by atoms with Gasteiger partial charge in [-0.3, -0.25) is 0 Å². The predicted molar refractivity (Wildman–Crippen MR) is 94.7 cm³/mol. The molecule has 2 N–H and O–H groups in total. The van der Waals surface area contributed by atoms with Crippen molar-refractivity contribution in [3.63, 3.8) is 0 Å². The van der Waals surface area contributed by atoms with Gasteiger partial charge in [0.1, 0.15) is 5.75 Å². The van der Waals surface area contributed by atoms with Gasteiger partial charge in [-0.25, -0.2) is 4.79 Å². The van der Waals surface area contributed by atoms with E-state index in [4.69, 9.17) is 9.47 Å². The summed E-state index contributed by atoms with van der Waals surface area (Å²) in [4.78, 5) is 12.1. The van der Waals surface area contributed by atoms with Crippen LogP contribution in [0, 0.1) is 12.8 Å². The highest BCUT2D eigenvalue weighted by molar-refractivity contribution is 6.00. The molecule has 2 aromatic carbocycles. The van der Waals surface area contributed by atoms with Crippen molar-refractivity contribution in [1.82, 2.24) is 0 Å². The van der Waals surface area contributed by atoms with Crippen LogP contribution < -0.4 is 15.4 Å². The van der Waals surface area contributed by atoms with E-state index >= 15 is 0 Å². The number of rotatable bonds is 5. The predicted octanol–water partition coefficient (Wildman–Crippen LogP) is 4.05. The van der Waals surface area contributed by atoms with E-state index in [1.165, 1.54) is 0 Å². The largest absolute Gasteiger partial charge is 0.493 e. The Labute approximate surface area is 142 Å². The molecule has 0 spiro atoms. The van der Waals surface area contributed by atoms with Gasteiger partial charge in [0.2, 0.25) is 0 Å². The summed E-state index contributed by atoms with van der Waals surface area (Å²) in [6, 6.07) is 14.8. The number of hydrogen-bond donors (Lipinski definition) is 2. The highest BCUT2D eigenvalue weighted by Gasteiger charge is 2.16. The maximum Gasteiger partial charge on any atom is 0.323 e. The Morgan fingerprint density at radius 3 is 2.67 bits per heavy atom. The molecular formula is C19H22N2O3. The van der Waals surface area contributed by atoms with Gasteiger partial charge in [-0.2, -0.15) is 0 Å². The van der Waals surface area contributed by atoms with Gasteiger partial charge in [0.05, 0.1) is 13.2 Å². The summed E-state index contributed by atoms with van der Waals surface area (Å²) in [6.07, 6.45) is 1.05. The minimum Gasteiger partial charge on any atom is -0.493 e. The highest BCUT2D eigenvalue weighted by atomic mass is 16.5. The normalized spacial score (nSPS) is 16.6. The lowest BCUT2D eigenvalue weighted by molar-refractivity contribution is 0.167. The summed E-state index contributed by atoms with van der Waals surface area (Å²) in [5, 5.41) is 5.66. The number of anilines is 2. The fraction of sp³-hybridized carbons (Fsp3) is 0.316. The van der Waals surface area contributed by atoms with Crippen molar-refractivity contribution in [2.75, 3.05) is 30.5 Å². The lowest BCUT2D eigenvalue weighted by Gasteiger charge is -2.12. The van der Waals surface area contributed by atoms with Gasteiger partial charge >= 0.3 is 6.03 Å². The third kappa shape index (κ3) is 4.49. The van der Waals surface area contributed by atoms with E-state index < -0.39 is 0 Å². The average molecular weight is 326 g/mol. The average Bonchev–Trinajstić information content (AvgIpc) is 3.10. The van der Waals surface area contributed by atoms with Gasteiger partial charge in [0.15, 0.2) is 0 Å². The number of urea groups is 1. The van der Waals surface area contributed by atoms with E-state index in [-0.39, 0.29) is 6.03 Å². The smallest absolute Gasteiger partial charge is 0.323 e. The summed E-state index contributed by atoms with van der Waals surface area (Å²) in [6.45, 7) is 4.23. The zero-order chi connectivity index (χ0) is 16.8. The van der Waals surface area contributed by atoms with Gasteiger partial charge in [0.25, 0.3) is 0 Å². The van der Waals surface area contributed by atoms with Crippen LogP contribution in [0.25, 0.3) is 0 Å². The monoisotopic (exact) mass is 326 g/mol. The Kier molecular flexibility index (Phi) is 5.33. The number of para-hydroxylation sites is 1. The maximum absolute atomic E-state index is 12.1. The molecule has 5 heteroatoms. The minimum atomic E-state index is -0.263. The number of nitrogens with one attached hydrogen (secondary N) is 2. The van der Waals surface area contributed by atoms with E-state index in [1.54, 1.807) is 0 Å². The summed E-state index contributed by atoms with van der Waals surface area (Å²) in [5.74, 6) is 1.27. The lowest BCUT2D eigenvalue weighted by atomic mass is 10.1. The van der Waals surface area contributed by atoms with E-state index in [1.807, 2.05) is 55.5 Å². The number of carbonyl (C=O) groups is 1. The molecule has 0 aliphatic carbocycles. The lowest BCUT2D eigenvalue weighted by Crippen LogP contribution is -2.19. The van der Waals surface area contributed by atoms with Gasteiger partial charge in [-0.15, -0.1) is 0 Å². The molecule has 1 atom stereocenters. The van der Waals surface area contributed by atoms with Crippen molar-refractivity contribution < 1.29 is 14.3 Å². The van der Waals surface area contributed by atoms with Crippen molar-refractivity contribution in [2.24, 2.45) is 5.92 Å². The van der Waals surface area contributed by atoms with Crippen LogP contribution in [-0.4, -0.2) is 25.9 Å². The minimum absolute atomic E-state index is 0.263. The van der Waals surface area contributed by atoms with Crippen LogP contribution in [0.1, 0.15) is 12.0 Å². The van der Waals surface area contributed by atoms with E-state index in [9.17, 15) is 4.79 Å². The molecule has 2 amide bonds. The standard InChI is InChI=1S/C19H22N2O3/c1-14-4-2-3-5-18(14)21-19(22)20-16-6-8-17(9-7-16)24-13-15-10-11-23-12-15/h2-9,15H,10-13H2,1H3,(H2,20,21,22)/t15-/m1/s1. The summed E-state index contributed by atoms with van der Waals surface area (Å²) in [5.41, 5.74) is 2.54. The first-order valence-electron chi connectivity index (χ1n) is 8.15. The van der Waals surface area contributed by atoms with Crippen molar-refractivity contribution in [3.8, 4) is 5.75 Å². The number of benzene rings is 2. The highest BCUT2D eigenvalue weighted by Crippen LogP contribution is 2.19. The topological polar surface area (TPSA) is 59.6 Å². The second-order valence-electron chi connectivity index (χ2n) is 5.96.